The molecule has 0 fully saturated rings. The van der Waals surface area contributed by atoms with Gasteiger partial charge in [-0.15, -0.1) is 0 Å². The second kappa shape index (κ2) is 9.02. The van der Waals surface area contributed by atoms with Crippen LogP contribution < -0.4 is 5.32 Å². The number of sulfone groups is 1. The molecule has 2 rings (SSSR count). The number of hydrogen-bond acceptors (Lipinski definition) is 3. The van der Waals surface area contributed by atoms with E-state index < -0.39 is 9.84 Å². The van der Waals surface area contributed by atoms with Crippen LogP contribution in [0.5, 0.6) is 0 Å². The Kier molecular flexibility index (Phi) is 6.99. The number of nitrogens with one attached hydrogen (secondary N) is 1. The number of likely N-dealkylation sites (N-methyl/N-ethyl adjacent to an activating group) is 1. The van der Waals surface area contributed by atoms with Crippen LogP contribution in [0, 0.1) is 6.57 Å². The van der Waals surface area contributed by atoms with Crippen LogP contribution in [0.3, 0.4) is 0 Å². The monoisotopic (exact) mass is 449 g/mol. The van der Waals surface area contributed by atoms with E-state index in [0.29, 0.717) is 18.7 Å². The van der Waals surface area contributed by atoms with E-state index in [-0.39, 0.29) is 22.4 Å². The minimum atomic E-state index is -3.49. The maximum atomic E-state index is 12.3. The number of benzene rings is 2. The van der Waals surface area contributed by atoms with Crippen molar-refractivity contribution in [1.29, 1.82) is 0 Å². The van der Waals surface area contributed by atoms with Gasteiger partial charge in [-0.05, 0) is 36.2 Å². The molecule has 0 atom stereocenters. The second-order valence-electron chi connectivity index (χ2n) is 5.93. The normalized spacial score (nSPS) is 10.9. The van der Waals surface area contributed by atoms with E-state index in [1.165, 1.54) is 30.0 Å². The van der Waals surface area contributed by atoms with Crippen molar-refractivity contribution in [1.82, 2.24) is 4.90 Å². The Hall–Kier alpha value is -2.37. The molecule has 2 aromatic rings. The van der Waals surface area contributed by atoms with E-state index in [2.05, 4.69) is 26.1 Å². The maximum Gasteiger partial charge on any atom is 0.321 e. The molecule has 0 unspecified atom stereocenters. The number of amides is 2. The third-order valence-electron chi connectivity index (χ3n) is 4.04. The highest BCUT2D eigenvalue weighted by atomic mass is 79.9. The average molecular weight is 450 g/mol. The molecule has 2 amide bonds. The van der Waals surface area contributed by atoms with Gasteiger partial charge in [0.1, 0.15) is 0 Å². The molecule has 0 saturated heterocycles. The molecule has 0 aliphatic heterocycles. The van der Waals surface area contributed by atoms with Crippen LogP contribution in [0.15, 0.2) is 51.8 Å². The van der Waals surface area contributed by atoms with E-state index in [1.807, 2.05) is 24.3 Å². The van der Waals surface area contributed by atoms with Crippen LogP contribution in [0.4, 0.5) is 16.2 Å². The summed E-state index contributed by atoms with van der Waals surface area (Å²) in [4.78, 5) is 17.1. The van der Waals surface area contributed by atoms with E-state index in [4.69, 9.17) is 6.57 Å². The van der Waals surface area contributed by atoms with Crippen molar-refractivity contribution in [2.45, 2.75) is 18.2 Å². The number of carbonyl (C=O) groups is 1. The summed E-state index contributed by atoms with van der Waals surface area (Å²) in [6.45, 7) is 9.26. The SMILES string of the molecule is [C-]#[N+]c1cc(NC(=O)N(C)CCc2ccc(Br)cc2)ccc1S(=O)(=O)CC. The first kappa shape index (κ1) is 20.9. The van der Waals surface area contributed by atoms with Crippen molar-refractivity contribution in [2.24, 2.45) is 0 Å². The van der Waals surface area contributed by atoms with Gasteiger partial charge in [0.25, 0.3) is 0 Å². The molecule has 6 nitrogen and oxygen atoms in total. The zero-order valence-corrected chi connectivity index (χ0v) is 17.5. The standard InChI is InChI=1S/C19H20BrN3O3S/c1-4-27(25,26)18-10-9-16(13-17(18)21-2)22-19(24)23(3)12-11-14-5-7-15(20)8-6-14/h5-10,13H,4,11-12H2,1,3H3,(H,22,24). The van der Waals surface area contributed by atoms with Gasteiger partial charge >= 0.3 is 6.03 Å². The zero-order valence-electron chi connectivity index (χ0n) is 15.1. The molecular weight excluding hydrogens is 430 g/mol. The predicted molar refractivity (Wildman–Crippen MR) is 110 cm³/mol. The van der Waals surface area contributed by atoms with E-state index in [1.54, 1.807) is 7.05 Å². The van der Waals surface area contributed by atoms with E-state index >= 15 is 0 Å². The van der Waals surface area contributed by atoms with Gasteiger partial charge in [-0.2, -0.15) is 0 Å². The Balaban J connectivity index is 2.04. The summed E-state index contributed by atoms with van der Waals surface area (Å²) in [6, 6.07) is 11.8. The summed E-state index contributed by atoms with van der Waals surface area (Å²) in [5.74, 6) is -0.0833. The Morgan fingerprint density at radius 3 is 2.48 bits per heavy atom. The molecule has 1 N–H and O–H groups in total. The van der Waals surface area contributed by atoms with Crippen molar-refractivity contribution in [3.63, 3.8) is 0 Å². The van der Waals surface area contributed by atoms with Gasteiger partial charge in [0.15, 0.2) is 9.84 Å². The number of rotatable bonds is 6. The Labute approximate surface area is 168 Å². The van der Waals surface area contributed by atoms with Gasteiger partial charge in [-0.3, -0.25) is 0 Å². The maximum absolute atomic E-state index is 12.3. The Morgan fingerprint density at radius 2 is 1.89 bits per heavy atom. The molecule has 0 spiro atoms. The highest BCUT2D eigenvalue weighted by Gasteiger charge is 2.18. The number of nitrogens with zero attached hydrogens (tertiary/aromatic N) is 2. The van der Waals surface area contributed by atoms with Crippen molar-refractivity contribution in [2.75, 3.05) is 24.7 Å². The lowest BCUT2D eigenvalue weighted by atomic mass is 10.1. The Morgan fingerprint density at radius 1 is 1.22 bits per heavy atom. The minimum absolute atomic E-state index is 0.00663. The summed E-state index contributed by atoms with van der Waals surface area (Å²) in [5, 5.41) is 2.70. The largest absolute Gasteiger partial charge is 0.327 e. The highest BCUT2D eigenvalue weighted by Crippen LogP contribution is 2.28. The smallest absolute Gasteiger partial charge is 0.321 e. The third kappa shape index (κ3) is 5.55. The van der Waals surface area contributed by atoms with Gasteiger partial charge < -0.3 is 10.2 Å². The number of anilines is 1. The molecule has 0 heterocycles. The molecule has 0 radical (unpaired) electrons. The molecule has 0 bridgehead atoms. The number of urea groups is 1. The highest BCUT2D eigenvalue weighted by molar-refractivity contribution is 9.10. The number of carbonyl (C=O) groups excluding carboxylic acids is 1. The fourth-order valence-corrected chi connectivity index (χ4v) is 3.64. The topological polar surface area (TPSA) is 70.8 Å². The summed E-state index contributed by atoms with van der Waals surface area (Å²) in [7, 11) is -1.80. The molecule has 0 aliphatic carbocycles. The van der Waals surface area contributed by atoms with Crippen molar-refractivity contribution < 1.29 is 13.2 Å². The van der Waals surface area contributed by atoms with Crippen LogP contribution in [0.1, 0.15) is 12.5 Å². The number of halogens is 1. The molecule has 8 heteroatoms. The van der Waals surface area contributed by atoms with Crippen LogP contribution in [-0.4, -0.2) is 38.7 Å². The van der Waals surface area contributed by atoms with Crippen molar-refractivity contribution in [3.05, 3.63) is 63.9 Å². The molecule has 0 aromatic heterocycles. The van der Waals surface area contributed by atoms with Crippen LogP contribution in [0.25, 0.3) is 4.85 Å². The van der Waals surface area contributed by atoms with Crippen molar-refractivity contribution in [3.8, 4) is 0 Å². The number of hydrogen-bond donors (Lipinski definition) is 1. The average Bonchev–Trinajstić information content (AvgIpc) is 2.66. The van der Waals surface area contributed by atoms with Gasteiger partial charge in [-0.25, -0.2) is 18.1 Å². The molecule has 0 saturated carbocycles. The quantitative estimate of drug-likeness (QED) is 0.659. The summed E-state index contributed by atoms with van der Waals surface area (Å²) in [5.41, 5.74) is 1.51. The molecule has 27 heavy (non-hydrogen) atoms. The fourth-order valence-electron chi connectivity index (χ4n) is 2.37. The van der Waals surface area contributed by atoms with Crippen LogP contribution >= 0.6 is 15.9 Å². The lowest BCUT2D eigenvalue weighted by Crippen LogP contribution is -2.33. The first-order chi connectivity index (χ1) is 12.8. The van der Waals surface area contributed by atoms with E-state index in [0.717, 1.165) is 10.0 Å². The predicted octanol–water partition coefficient (Wildman–Crippen LogP) is 4.50. The summed E-state index contributed by atoms with van der Waals surface area (Å²) in [6.07, 6.45) is 0.707. The molecule has 142 valence electrons. The fraction of sp³-hybridized carbons (Fsp3) is 0.263. The summed E-state index contributed by atoms with van der Waals surface area (Å²) >= 11 is 3.39. The molecule has 0 aliphatic rings. The first-order valence-electron chi connectivity index (χ1n) is 8.27. The van der Waals surface area contributed by atoms with Gasteiger partial charge in [-0.1, -0.05) is 41.1 Å². The minimum Gasteiger partial charge on any atom is -0.327 e. The van der Waals surface area contributed by atoms with Gasteiger partial charge in [0, 0.05) is 23.8 Å². The molecule has 2 aromatic carbocycles. The summed E-state index contributed by atoms with van der Waals surface area (Å²) < 4.78 is 25.0. The Bertz CT molecular complexity index is 967. The van der Waals surface area contributed by atoms with Gasteiger partial charge in [0.05, 0.1) is 17.2 Å². The van der Waals surface area contributed by atoms with Crippen molar-refractivity contribution >= 4 is 43.2 Å². The lowest BCUT2D eigenvalue weighted by molar-refractivity contribution is 0.223. The molecular formula is C19H20BrN3O3S. The van der Waals surface area contributed by atoms with Crippen LogP contribution in [-0.2, 0) is 16.3 Å². The lowest BCUT2D eigenvalue weighted by Gasteiger charge is -2.18. The first-order valence-corrected chi connectivity index (χ1v) is 10.7. The van der Waals surface area contributed by atoms with Gasteiger partial charge in [0.2, 0.25) is 5.69 Å². The zero-order chi connectivity index (χ0) is 20.0. The second-order valence-corrected chi connectivity index (χ2v) is 9.09. The van der Waals surface area contributed by atoms with E-state index in [9.17, 15) is 13.2 Å². The van der Waals surface area contributed by atoms with Crippen LogP contribution in [0.2, 0.25) is 0 Å². The third-order valence-corrected chi connectivity index (χ3v) is 6.35.